The van der Waals surface area contributed by atoms with E-state index in [0.717, 1.165) is 0 Å². The Hall–Kier alpha value is -3.36. The Morgan fingerprint density at radius 1 is 1.24 bits per heavy atom. The van der Waals surface area contributed by atoms with Crippen LogP contribution in [0.15, 0.2) is 47.4 Å². The predicted octanol–water partition coefficient (Wildman–Crippen LogP) is 5.18. The van der Waals surface area contributed by atoms with Gasteiger partial charge >= 0.3 is 0 Å². The van der Waals surface area contributed by atoms with E-state index >= 15 is 0 Å². The molecule has 0 spiro atoms. The number of rotatable bonds is 3. The van der Waals surface area contributed by atoms with Crippen molar-refractivity contribution >= 4 is 16.8 Å². The van der Waals surface area contributed by atoms with Crippen molar-refractivity contribution in [3.05, 3.63) is 70.0 Å². The summed E-state index contributed by atoms with van der Waals surface area (Å²) in [5, 5.41) is 0.0984. The molecule has 1 fully saturated rings. The fraction of sp³-hybridized carbons (Fsp3) is 0.375. The lowest BCUT2D eigenvalue weighted by Gasteiger charge is -2.29. The maximum atomic E-state index is 13.6. The van der Waals surface area contributed by atoms with Gasteiger partial charge in [-0.3, -0.25) is 14.6 Å². The molecule has 3 N–H and O–H groups in total. The standard InChI is InChI=1S/C15H15F2N3O2.C7H7FO.C2H6/c16-15(17)4-1-2-8(7-15)10-6-11(21)12-9(20-10)3-5-19-13(12)14(18)22;1-9-7-4-2-3-6(8)5-7;1-2/h3,5-6,8H,1-2,4,7H2,(H2,18,22)(H,20,21);2-5H,1H3;1-2H3/t8-;;/m0../s1. The van der Waals surface area contributed by atoms with Crippen molar-refractivity contribution in [2.75, 3.05) is 7.11 Å². The number of halogens is 3. The van der Waals surface area contributed by atoms with Crippen LogP contribution in [0.4, 0.5) is 13.2 Å². The first kappa shape index (κ1) is 25.9. The van der Waals surface area contributed by atoms with Gasteiger partial charge in [-0.2, -0.15) is 0 Å². The third-order valence-corrected chi connectivity index (χ3v) is 5.11. The molecule has 0 bridgehead atoms. The highest BCUT2D eigenvalue weighted by atomic mass is 19.3. The van der Waals surface area contributed by atoms with Crippen molar-refractivity contribution in [1.29, 1.82) is 0 Å². The van der Waals surface area contributed by atoms with Gasteiger partial charge in [0, 0.05) is 42.8 Å². The van der Waals surface area contributed by atoms with E-state index in [1.165, 1.54) is 37.6 Å². The number of carbonyl (C=O) groups excluding carboxylic acids is 1. The molecule has 2 heterocycles. The molecule has 33 heavy (non-hydrogen) atoms. The molecule has 9 heteroatoms. The molecule has 6 nitrogen and oxygen atoms in total. The molecule has 2 aromatic heterocycles. The van der Waals surface area contributed by atoms with Gasteiger partial charge in [0.25, 0.3) is 5.91 Å². The summed E-state index contributed by atoms with van der Waals surface area (Å²) < 4.78 is 44.2. The maximum Gasteiger partial charge on any atom is 0.268 e. The number of ether oxygens (including phenoxy) is 1. The number of pyridine rings is 2. The topological polar surface area (TPSA) is 98.1 Å². The number of nitrogens with one attached hydrogen (secondary N) is 1. The van der Waals surface area contributed by atoms with E-state index in [4.69, 9.17) is 10.5 Å². The Morgan fingerprint density at radius 2 is 1.97 bits per heavy atom. The summed E-state index contributed by atoms with van der Waals surface area (Å²) in [6.07, 6.45) is 1.99. The van der Waals surface area contributed by atoms with Crippen LogP contribution < -0.4 is 15.9 Å². The third-order valence-electron chi connectivity index (χ3n) is 5.11. The minimum absolute atomic E-state index is 0.0984. The lowest BCUT2D eigenvalue weighted by molar-refractivity contribution is -0.0412. The highest BCUT2D eigenvalue weighted by Crippen LogP contribution is 2.41. The molecular formula is C24H28F3N3O3. The van der Waals surface area contributed by atoms with E-state index in [0.29, 0.717) is 29.8 Å². The number of benzene rings is 1. The monoisotopic (exact) mass is 463 g/mol. The second-order valence-electron chi connectivity index (χ2n) is 7.35. The van der Waals surface area contributed by atoms with E-state index < -0.39 is 23.2 Å². The molecule has 1 amide bonds. The van der Waals surface area contributed by atoms with Crippen LogP contribution in [0.2, 0.25) is 0 Å². The second-order valence-corrected chi connectivity index (χ2v) is 7.35. The van der Waals surface area contributed by atoms with Gasteiger partial charge in [0.15, 0.2) is 5.43 Å². The Labute approximate surface area is 190 Å². The maximum absolute atomic E-state index is 13.6. The van der Waals surface area contributed by atoms with Gasteiger partial charge in [-0.25, -0.2) is 13.2 Å². The van der Waals surface area contributed by atoms with E-state index in [9.17, 15) is 22.8 Å². The van der Waals surface area contributed by atoms with Crippen molar-refractivity contribution in [2.24, 2.45) is 5.73 Å². The fourth-order valence-corrected chi connectivity index (χ4v) is 3.66. The van der Waals surface area contributed by atoms with Crippen LogP contribution >= 0.6 is 0 Å². The highest BCUT2D eigenvalue weighted by Gasteiger charge is 2.37. The average molecular weight is 464 g/mol. The lowest BCUT2D eigenvalue weighted by atomic mass is 9.84. The van der Waals surface area contributed by atoms with Crippen LogP contribution in [0.5, 0.6) is 5.75 Å². The summed E-state index contributed by atoms with van der Waals surface area (Å²) in [6.45, 7) is 4.00. The zero-order valence-electron chi connectivity index (χ0n) is 18.8. The zero-order valence-corrected chi connectivity index (χ0v) is 18.8. The fourth-order valence-electron chi connectivity index (χ4n) is 3.66. The van der Waals surface area contributed by atoms with Gasteiger partial charge in [0.05, 0.1) is 18.0 Å². The predicted molar refractivity (Wildman–Crippen MR) is 121 cm³/mol. The summed E-state index contributed by atoms with van der Waals surface area (Å²) in [7, 11) is 1.51. The van der Waals surface area contributed by atoms with Crippen LogP contribution in [0.3, 0.4) is 0 Å². The third kappa shape index (κ3) is 6.81. The van der Waals surface area contributed by atoms with E-state index in [-0.39, 0.29) is 29.7 Å². The van der Waals surface area contributed by atoms with Crippen LogP contribution in [0.1, 0.15) is 61.6 Å². The summed E-state index contributed by atoms with van der Waals surface area (Å²) in [5.41, 5.74) is 5.53. The molecule has 1 atom stereocenters. The largest absolute Gasteiger partial charge is 0.497 e. The number of aromatic amines is 1. The van der Waals surface area contributed by atoms with Crippen molar-refractivity contribution in [2.45, 2.75) is 51.4 Å². The summed E-state index contributed by atoms with van der Waals surface area (Å²) >= 11 is 0. The number of hydrogen-bond donors (Lipinski definition) is 2. The first-order valence-electron chi connectivity index (χ1n) is 10.7. The van der Waals surface area contributed by atoms with E-state index in [1.807, 2.05) is 13.8 Å². The number of amides is 1. The minimum atomic E-state index is -2.70. The van der Waals surface area contributed by atoms with Crippen molar-refractivity contribution in [3.8, 4) is 5.75 Å². The van der Waals surface area contributed by atoms with Crippen molar-refractivity contribution in [1.82, 2.24) is 9.97 Å². The summed E-state index contributed by atoms with van der Waals surface area (Å²) in [5.74, 6) is -3.62. The Kier molecular flexibility index (Phi) is 9.02. The Morgan fingerprint density at radius 3 is 2.55 bits per heavy atom. The number of aromatic nitrogens is 2. The SMILES string of the molecule is CC.COc1cccc(F)c1.NC(=O)c1nccc2[nH]c([C@H]3CCCC(F)(F)C3)cc(=O)c12. The van der Waals surface area contributed by atoms with Crippen molar-refractivity contribution < 1.29 is 22.7 Å². The number of fused-ring (bicyclic) bond motifs is 1. The van der Waals surface area contributed by atoms with Crippen LogP contribution in [-0.2, 0) is 0 Å². The van der Waals surface area contributed by atoms with Crippen LogP contribution in [0.25, 0.3) is 10.9 Å². The average Bonchev–Trinajstić information content (AvgIpc) is 2.79. The molecule has 4 rings (SSSR count). The summed E-state index contributed by atoms with van der Waals surface area (Å²) in [6, 6.07) is 8.83. The molecule has 0 saturated heterocycles. The van der Waals surface area contributed by atoms with E-state index in [2.05, 4.69) is 9.97 Å². The number of primary amides is 1. The number of hydrogen-bond acceptors (Lipinski definition) is 4. The molecule has 1 aliphatic carbocycles. The second kappa shape index (κ2) is 11.5. The molecule has 1 aliphatic rings. The molecule has 0 unspecified atom stereocenters. The number of carbonyl (C=O) groups is 1. The molecule has 0 aliphatic heterocycles. The molecular weight excluding hydrogens is 435 g/mol. The minimum Gasteiger partial charge on any atom is -0.497 e. The van der Waals surface area contributed by atoms with Gasteiger partial charge in [-0.1, -0.05) is 19.9 Å². The number of alkyl halides is 2. The number of nitrogens with zero attached hydrogens (tertiary/aromatic N) is 1. The Bertz CT molecular complexity index is 1150. The van der Waals surface area contributed by atoms with Crippen LogP contribution in [-0.4, -0.2) is 28.9 Å². The summed E-state index contributed by atoms with van der Waals surface area (Å²) in [4.78, 5) is 30.4. The van der Waals surface area contributed by atoms with Gasteiger partial charge in [0.1, 0.15) is 17.3 Å². The normalized spacial score (nSPS) is 16.6. The van der Waals surface area contributed by atoms with Crippen molar-refractivity contribution in [3.63, 3.8) is 0 Å². The Balaban J connectivity index is 0.000000293. The zero-order chi connectivity index (χ0) is 24.6. The molecule has 0 radical (unpaired) electrons. The molecule has 1 saturated carbocycles. The van der Waals surface area contributed by atoms with Gasteiger partial charge in [-0.15, -0.1) is 0 Å². The van der Waals surface area contributed by atoms with Gasteiger partial charge in [-0.05, 0) is 31.0 Å². The number of H-pyrrole nitrogens is 1. The smallest absolute Gasteiger partial charge is 0.268 e. The molecule has 3 aromatic rings. The quantitative estimate of drug-likeness (QED) is 0.560. The van der Waals surface area contributed by atoms with Gasteiger partial charge < -0.3 is 15.5 Å². The van der Waals surface area contributed by atoms with E-state index in [1.54, 1.807) is 12.1 Å². The lowest BCUT2D eigenvalue weighted by Crippen LogP contribution is -2.26. The first-order chi connectivity index (χ1) is 15.7. The molecule has 178 valence electrons. The number of nitrogens with two attached hydrogens (primary N) is 1. The highest BCUT2D eigenvalue weighted by molar-refractivity contribution is 6.03. The first-order valence-corrected chi connectivity index (χ1v) is 10.7. The van der Waals surface area contributed by atoms with Gasteiger partial charge in [0.2, 0.25) is 5.92 Å². The van der Waals surface area contributed by atoms with Crippen LogP contribution in [0, 0.1) is 5.82 Å². The molecule has 1 aromatic carbocycles. The number of methoxy groups -OCH3 is 1.